The molecule has 0 bridgehead atoms. The molecule has 1 aliphatic rings. The third-order valence-corrected chi connectivity index (χ3v) is 8.34. The Bertz CT molecular complexity index is 1090. The molecule has 180 valence electrons. The van der Waals surface area contributed by atoms with Gasteiger partial charge in [0, 0.05) is 25.2 Å². The number of nitrogens with zero attached hydrogens (tertiary/aromatic N) is 2. The van der Waals surface area contributed by atoms with Crippen LogP contribution in [-0.4, -0.2) is 64.4 Å². The third kappa shape index (κ3) is 6.06. The molecule has 1 aliphatic heterocycles. The highest BCUT2D eigenvalue weighted by Gasteiger charge is 2.31. The molecular weight excluding hydrogens is 462 g/mol. The molecule has 1 amide bonds. The van der Waals surface area contributed by atoms with E-state index in [0.717, 1.165) is 24.2 Å². The van der Waals surface area contributed by atoms with Gasteiger partial charge in [-0.25, -0.2) is 8.42 Å². The number of methoxy groups -OCH3 is 1. The molecule has 0 aliphatic carbocycles. The lowest BCUT2D eigenvalue weighted by molar-refractivity contribution is 0.0941. The van der Waals surface area contributed by atoms with Crippen molar-refractivity contribution in [1.82, 2.24) is 14.5 Å². The smallest absolute Gasteiger partial charge is 0.251 e. The van der Waals surface area contributed by atoms with Crippen LogP contribution in [0.2, 0.25) is 5.02 Å². The lowest BCUT2D eigenvalue weighted by atomic mass is 10.0. The fraction of sp³-hybridized carbons (Fsp3) is 0.458. The predicted octanol–water partition coefficient (Wildman–Crippen LogP) is 3.80. The van der Waals surface area contributed by atoms with Crippen LogP contribution >= 0.6 is 11.6 Å². The Kier molecular flexibility index (Phi) is 8.39. The Balaban J connectivity index is 1.78. The Morgan fingerprint density at radius 2 is 2.03 bits per heavy atom. The zero-order chi connectivity index (χ0) is 24.2. The first-order valence-corrected chi connectivity index (χ1v) is 12.8. The Morgan fingerprint density at radius 3 is 2.70 bits per heavy atom. The molecule has 7 nitrogen and oxygen atoms in total. The number of hydrogen-bond acceptors (Lipinski definition) is 5. The number of sulfonamides is 1. The second-order valence-electron chi connectivity index (χ2n) is 8.72. The van der Waals surface area contributed by atoms with Gasteiger partial charge in [0.05, 0.1) is 18.2 Å². The van der Waals surface area contributed by atoms with Gasteiger partial charge >= 0.3 is 0 Å². The monoisotopic (exact) mass is 493 g/mol. The molecule has 0 aromatic heterocycles. The summed E-state index contributed by atoms with van der Waals surface area (Å²) in [5.41, 5.74) is 1.25. The summed E-state index contributed by atoms with van der Waals surface area (Å²) in [6.07, 6.45) is 1.82. The standard InChI is InChI=1S/C24H32ClN3O4S/c1-17-7-6-12-28(16-17)33(30,31)23-14-19(10-11-21(23)25)24(29)26-15-22(27(2)3)18-8-5-9-20(13-18)32-4/h5,8-11,13-14,17,22H,6-7,12,15-16H2,1-4H3,(H,26,29)/t17-,22-/m0/s1. The quantitative estimate of drug-likeness (QED) is 0.605. The number of piperidine rings is 1. The Labute approximate surface area is 201 Å². The zero-order valence-corrected chi connectivity index (χ0v) is 21.1. The van der Waals surface area contributed by atoms with E-state index < -0.39 is 10.0 Å². The van der Waals surface area contributed by atoms with E-state index in [9.17, 15) is 13.2 Å². The van der Waals surface area contributed by atoms with Crippen LogP contribution < -0.4 is 10.1 Å². The number of ether oxygens (including phenoxy) is 1. The van der Waals surface area contributed by atoms with Crippen molar-refractivity contribution in [2.24, 2.45) is 5.92 Å². The molecule has 1 saturated heterocycles. The van der Waals surface area contributed by atoms with Crippen molar-refractivity contribution in [2.75, 3.05) is 40.8 Å². The van der Waals surface area contributed by atoms with Crippen LogP contribution in [0.5, 0.6) is 5.75 Å². The van der Waals surface area contributed by atoms with Crippen LogP contribution in [0.4, 0.5) is 0 Å². The molecule has 2 atom stereocenters. The lowest BCUT2D eigenvalue weighted by Gasteiger charge is -2.30. The summed E-state index contributed by atoms with van der Waals surface area (Å²) in [5, 5.41) is 3.05. The normalized spacial score (nSPS) is 18.2. The fourth-order valence-electron chi connectivity index (χ4n) is 4.08. The van der Waals surface area contributed by atoms with E-state index in [1.165, 1.54) is 16.4 Å². The molecule has 0 spiro atoms. The van der Waals surface area contributed by atoms with Crippen LogP contribution in [0.1, 0.15) is 41.7 Å². The number of nitrogens with one attached hydrogen (secondary N) is 1. The van der Waals surface area contributed by atoms with Crippen molar-refractivity contribution >= 4 is 27.5 Å². The molecule has 2 aromatic rings. The Hall–Kier alpha value is -2.13. The molecule has 1 heterocycles. The van der Waals surface area contributed by atoms with Gasteiger partial charge in [-0.3, -0.25) is 4.79 Å². The molecule has 1 fully saturated rings. The van der Waals surface area contributed by atoms with E-state index in [4.69, 9.17) is 16.3 Å². The summed E-state index contributed by atoms with van der Waals surface area (Å²) in [7, 11) is 1.70. The lowest BCUT2D eigenvalue weighted by Crippen LogP contribution is -2.39. The third-order valence-electron chi connectivity index (χ3n) is 5.99. The van der Waals surface area contributed by atoms with Crippen LogP contribution in [0.15, 0.2) is 47.4 Å². The maximum Gasteiger partial charge on any atom is 0.251 e. The molecule has 0 saturated carbocycles. The molecule has 0 radical (unpaired) electrons. The highest BCUT2D eigenvalue weighted by Crippen LogP contribution is 2.29. The minimum atomic E-state index is -3.78. The van der Waals surface area contributed by atoms with Crippen molar-refractivity contribution in [2.45, 2.75) is 30.7 Å². The summed E-state index contributed by atoms with van der Waals surface area (Å²) >= 11 is 6.26. The molecule has 9 heteroatoms. The van der Waals surface area contributed by atoms with Gasteiger partial charge in [-0.05, 0) is 68.8 Å². The number of carbonyl (C=O) groups excluding carboxylic acids is 1. The van der Waals surface area contributed by atoms with E-state index in [1.807, 2.05) is 50.2 Å². The van der Waals surface area contributed by atoms with Crippen molar-refractivity contribution in [3.05, 3.63) is 58.6 Å². The second-order valence-corrected chi connectivity index (χ2v) is 11.0. The van der Waals surface area contributed by atoms with Gasteiger partial charge in [0.25, 0.3) is 5.91 Å². The topological polar surface area (TPSA) is 78.9 Å². The number of halogens is 1. The average molecular weight is 494 g/mol. The molecular formula is C24H32ClN3O4S. The summed E-state index contributed by atoms with van der Waals surface area (Å²) < 4.78 is 33.2. The number of carbonyl (C=O) groups is 1. The van der Waals surface area contributed by atoms with Gasteiger partial charge in [-0.1, -0.05) is 30.7 Å². The summed E-state index contributed by atoms with van der Waals surface area (Å²) in [4.78, 5) is 14.9. The molecule has 3 rings (SSSR count). The van der Waals surface area contributed by atoms with Gasteiger partial charge in [-0.15, -0.1) is 0 Å². The number of benzene rings is 2. The molecule has 33 heavy (non-hydrogen) atoms. The minimum Gasteiger partial charge on any atom is -0.497 e. The maximum atomic E-state index is 13.2. The van der Waals surface area contributed by atoms with Crippen LogP contribution in [0.3, 0.4) is 0 Å². The molecule has 2 aromatic carbocycles. The summed E-state index contributed by atoms with van der Waals surface area (Å²) in [5.74, 6) is 0.675. The van der Waals surface area contributed by atoms with Gasteiger partial charge in [-0.2, -0.15) is 4.31 Å². The first kappa shape index (κ1) is 25.5. The van der Waals surface area contributed by atoms with Gasteiger partial charge in [0.2, 0.25) is 10.0 Å². The van der Waals surface area contributed by atoms with Crippen molar-refractivity contribution in [1.29, 1.82) is 0 Å². The van der Waals surface area contributed by atoms with E-state index >= 15 is 0 Å². The zero-order valence-electron chi connectivity index (χ0n) is 19.5. The van der Waals surface area contributed by atoms with Crippen LogP contribution in [0, 0.1) is 5.92 Å². The predicted molar refractivity (Wildman–Crippen MR) is 130 cm³/mol. The minimum absolute atomic E-state index is 0.0251. The van der Waals surface area contributed by atoms with E-state index in [-0.39, 0.29) is 27.4 Å². The van der Waals surface area contributed by atoms with Gasteiger partial charge < -0.3 is 15.0 Å². The average Bonchev–Trinajstić information content (AvgIpc) is 2.79. The van der Waals surface area contributed by atoms with E-state index in [2.05, 4.69) is 5.32 Å². The number of likely N-dealkylation sites (N-methyl/N-ethyl adjacent to an activating group) is 1. The second kappa shape index (κ2) is 10.9. The SMILES string of the molecule is COc1cccc([C@H](CNC(=O)c2ccc(Cl)c(S(=O)(=O)N3CCC[C@H](C)C3)c2)N(C)C)c1. The number of amides is 1. The van der Waals surface area contributed by atoms with Gasteiger partial charge in [0.15, 0.2) is 0 Å². The van der Waals surface area contributed by atoms with Gasteiger partial charge in [0.1, 0.15) is 10.6 Å². The highest BCUT2D eigenvalue weighted by atomic mass is 35.5. The molecule has 0 unspecified atom stereocenters. The summed E-state index contributed by atoms with van der Waals surface area (Å²) in [6.45, 7) is 3.30. The molecule has 1 N–H and O–H groups in total. The largest absolute Gasteiger partial charge is 0.497 e. The van der Waals surface area contributed by atoms with E-state index in [1.54, 1.807) is 13.2 Å². The van der Waals surface area contributed by atoms with Crippen molar-refractivity contribution in [3.63, 3.8) is 0 Å². The van der Waals surface area contributed by atoms with Crippen molar-refractivity contribution in [3.8, 4) is 5.75 Å². The number of rotatable bonds is 8. The van der Waals surface area contributed by atoms with Crippen LogP contribution in [-0.2, 0) is 10.0 Å². The van der Waals surface area contributed by atoms with E-state index in [0.29, 0.717) is 25.6 Å². The number of hydrogen-bond donors (Lipinski definition) is 1. The fourth-order valence-corrected chi connectivity index (χ4v) is 6.18. The van der Waals surface area contributed by atoms with Crippen molar-refractivity contribution < 1.29 is 17.9 Å². The first-order valence-electron chi connectivity index (χ1n) is 11.0. The highest BCUT2D eigenvalue weighted by molar-refractivity contribution is 7.89. The maximum absolute atomic E-state index is 13.2. The van der Waals surface area contributed by atoms with Crippen LogP contribution in [0.25, 0.3) is 0 Å². The summed E-state index contributed by atoms with van der Waals surface area (Å²) in [6, 6.07) is 12.0. The first-order chi connectivity index (χ1) is 15.6. The Morgan fingerprint density at radius 1 is 1.27 bits per heavy atom.